The van der Waals surface area contributed by atoms with E-state index in [0.29, 0.717) is 0 Å². The van der Waals surface area contributed by atoms with Crippen LogP contribution in [0.2, 0.25) is 0 Å². The van der Waals surface area contributed by atoms with Gasteiger partial charge in [0.05, 0.1) is 26.3 Å². The monoisotopic (exact) mass is 396 g/mol. The average molecular weight is 396 g/mol. The number of amides is 1. The number of benzene rings is 1. The Kier molecular flexibility index (Phi) is 8.05. The molecule has 0 unspecified atom stereocenters. The molecule has 1 N–H and O–H groups in total. The van der Waals surface area contributed by atoms with Crippen molar-refractivity contribution in [3.63, 3.8) is 0 Å². The van der Waals surface area contributed by atoms with E-state index in [4.69, 9.17) is 0 Å². The van der Waals surface area contributed by atoms with Crippen molar-refractivity contribution in [2.75, 3.05) is 21.3 Å². The van der Waals surface area contributed by atoms with Crippen LogP contribution in [0.5, 0.6) is 0 Å². The average Bonchev–Trinajstić information content (AvgIpc) is 2.70. The first-order valence-corrected chi connectivity index (χ1v) is 7.96. The Labute approximate surface area is 160 Å². The lowest BCUT2D eigenvalue weighted by Gasteiger charge is -2.27. The van der Waals surface area contributed by atoms with E-state index in [0.717, 1.165) is 27.4 Å². The number of esters is 3. The number of nitrogens with one attached hydrogen (secondary N) is 1. The molecule has 0 saturated heterocycles. The van der Waals surface area contributed by atoms with E-state index in [9.17, 15) is 29.3 Å². The number of hydrogen-bond donors (Lipinski definition) is 1. The second kappa shape index (κ2) is 10.00. The molecule has 0 aliphatic carbocycles. The third kappa shape index (κ3) is 5.25. The molecule has 0 spiro atoms. The molecule has 28 heavy (non-hydrogen) atoms. The number of hydrogen-bond acceptors (Lipinski definition) is 9. The number of nitro benzene ring substituents is 1. The van der Waals surface area contributed by atoms with Gasteiger partial charge in [0, 0.05) is 23.6 Å². The van der Waals surface area contributed by atoms with Crippen molar-refractivity contribution in [3.8, 4) is 0 Å². The van der Waals surface area contributed by atoms with Gasteiger partial charge in [-0.2, -0.15) is 0 Å². The standard InChI is InChI=1S/C17H20N2O9/c1-9(12(15(21)26-2)16(22)27-3)13(17(23)28-4)18-14(20)10-6-5-7-11(8-10)19(24)25/h5-9,12-13H,1-4H3,(H,18,20)/t9-,13-/m1/s1. The smallest absolute Gasteiger partial charge is 0.328 e. The second-order valence-electron chi connectivity index (χ2n) is 5.66. The van der Waals surface area contributed by atoms with Crippen LogP contribution in [0.1, 0.15) is 17.3 Å². The maximum Gasteiger partial charge on any atom is 0.328 e. The summed E-state index contributed by atoms with van der Waals surface area (Å²) in [5, 5.41) is 13.2. The molecule has 0 saturated carbocycles. The van der Waals surface area contributed by atoms with Gasteiger partial charge in [0.15, 0.2) is 5.92 Å². The topological polar surface area (TPSA) is 151 Å². The first-order valence-electron chi connectivity index (χ1n) is 7.96. The summed E-state index contributed by atoms with van der Waals surface area (Å²) in [6, 6.07) is 3.39. The molecule has 0 aliphatic rings. The zero-order valence-electron chi connectivity index (χ0n) is 15.7. The number of rotatable bonds is 8. The molecule has 2 atom stereocenters. The molecule has 11 heteroatoms. The fourth-order valence-electron chi connectivity index (χ4n) is 2.49. The van der Waals surface area contributed by atoms with E-state index in [2.05, 4.69) is 19.5 Å². The van der Waals surface area contributed by atoms with Crippen molar-refractivity contribution >= 4 is 29.5 Å². The van der Waals surface area contributed by atoms with E-state index in [-0.39, 0.29) is 11.3 Å². The highest BCUT2D eigenvalue weighted by molar-refractivity contribution is 5.99. The molecular weight excluding hydrogens is 376 g/mol. The van der Waals surface area contributed by atoms with Crippen LogP contribution in [0.25, 0.3) is 0 Å². The van der Waals surface area contributed by atoms with Crippen molar-refractivity contribution in [2.24, 2.45) is 11.8 Å². The molecule has 0 heterocycles. The third-order valence-corrected chi connectivity index (χ3v) is 4.02. The summed E-state index contributed by atoms with van der Waals surface area (Å²) in [4.78, 5) is 58.8. The summed E-state index contributed by atoms with van der Waals surface area (Å²) in [6.45, 7) is 1.35. The SMILES string of the molecule is COC(=O)C(C(=O)OC)[C@@H](C)[C@@H](NC(=O)c1cccc([N+](=O)[O-])c1)C(=O)OC. The largest absolute Gasteiger partial charge is 0.468 e. The van der Waals surface area contributed by atoms with Crippen LogP contribution >= 0.6 is 0 Å². The fraction of sp³-hybridized carbons (Fsp3) is 0.412. The number of methoxy groups -OCH3 is 3. The van der Waals surface area contributed by atoms with Gasteiger partial charge < -0.3 is 19.5 Å². The van der Waals surface area contributed by atoms with Crippen LogP contribution in [0, 0.1) is 22.0 Å². The van der Waals surface area contributed by atoms with E-state index < -0.39 is 46.6 Å². The van der Waals surface area contributed by atoms with Gasteiger partial charge in [0.1, 0.15) is 6.04 Å². The zero-order valence-corrected chi connectivity index (χ0v) is 15.7. The highest BCUT2D eigenvalue weighted by Crippen LogP contribution is 2.21. The lowest BCUT2D eigenvalue weighted by Crippen LogP contribution is -2.51. The fourth-order valence-corrected chi connectivity index (χ4v) is 2.49. The molecule has 0 aliphatic heterocycles. The number of carbonyl (C=O) groups excluding carboxylic acids is 4. The number of ether oxygens (including phenoxy) is 3. The van der Waals surface area contributed by atoms with Gasteiger partial charge in [-0.05, 0) is 6.07 Å². The molecule has 152 valence electrons. The van der Waals surface area contributed by atoms with Gasteiger partial charge in [-0.15, -0.1) is 0 Å². The number of nitro groups is 1. The molecule has 1 aromatic carbocycles. The van der Waals surface area contributed by atoms with Crippen LogP contribution in [-0.4, -0.2) is 56.1 Å². The minimum Gasteiger partial charge on any atom is -0.468 e. The highest BCUT2D eigenvalue weighted by Gasteiger charge is 2.42. The predicted molar refractivity (Wildman–Crippen MR) is 93.1 cm³/mol. The first-order chi connectivity index (χ1) is 13.2. The molecule has 1 rings (SSSR count). The Morgan fingerprint density at radius 3 is 2.00 bits per heavy atom. The van der Waals surface area contributed by atoms with Crippen molar-refractivity contribution < 1.29 is 38.3 Å². The Morgan fingerprint density at radius 1 is 1.00 bits per heavy atom. The van der Waals surface area contributed by atoms with Crippen molar-refractivity contribution in [2.45, 2.75) is 13.0 Å². The maximum atomic E-state index is 12.5. The molecular formula is C17H20N2O9. The van der Waals surface area contributed by atoms with Crippen molar-refractivity contribution in [3.05, 3.63) is 39.9 Å². The highest BCUT2D eigenvalue weighted by atomic mass is 16.6. The molecule has 0 bridgehead atoms. The van der Waals surface area contributed by atoms with E-state index in [1.807, 2.05) is 0 Å². The Balaban J connectivity index is 3.20. The Morgan fingerprint density at radius 2 is 1.54 bits per heavy atom. The van der Waals surface area contributed by atoms with Gasteiger partial charge in [-0.25, -0.2) is 4.79 Å². The minimum atomic E-state index is -1.51. The van der Waals surface area contributed by atoms with Crippen LogP contribution in [0.3, 0.4) is 0 Å². The first kappa shape index (κ1) is 22.5. The van der Waals surface area contributed by atoms with E-state index in [1.54, 1.807) is 0 Å². The normalized spacial score (nSPS) is 12.5. The molecule has 1 aromatic rings. The Bertz CT molecular complexity index is 762. The van der Waals surface area contributed by atoms with Gasteiger partial charge in [0.25, 0.3) is 11.6 Å². The third-order valence-electron chi connectivity index (χ3n) is 4.02. The summed E-state index contributed by atoms with van der Waals surface area (Å²) in [5.74, 6) is -6.29. The molecule has 1 amide bonds. The quantitative estimate of drug-likeness (QED) is 0.217. The maximum absolute atomic E-state index is 12.5. The summed E-state index contributed by atoms with van der Waals surface area (Å²) >= 11 is 0. The summed E-state index contributed by atoms with van der Waals surface area (Å²) in [6.07, 6.45) is 0. The predicted octanol–water partition coefficient (Wildman–Crippen LogP) is 0.464. The zero-order chi connectivity index (χ0) is 21.4. The molecule has 0 radical (unpaired) electrons. The summed E-state index contributed by atoms with van der Waals surface area (Å²) in [5.41, 5.74) is -0.416. The van der Waals surface area contributed by atoms with Gasteiger partial charge in [-0.1, -0.05) is 13.0 Å². The molecule has 11 nitrogen and oxygen atoms in total. The van der Waals surface area contributed by atoms with Crippen molar-refractivity contribution in [1.82, 2.24) is 5.32 Å². The number of non-ortho nitro benzene ring substituents is 1. The Hall–Kier alpha value is -3.50. The lowest BCUT2D eigenvalue weighted by atomic mass is 9.87. The number of nitrogens with zero attached hydrogens (tertiary/aromatic N) is 1. The second-order valence-corrected chi connectivity index (χ2v) is 5.66. The van der Waals surface area contributed by atoms with Gasteiger partial charge >= 0.3 is 17.9 Å². The van der Waals surface area contributed by atoms with Gasteiger partial charge in [-0.3, -0.25) is 24.5 Å². The summed E-state index contributed by atoms with van der Waals surface area (Å²) < 4.78 is 13.8. The molecule has 0 fully saturated rings. The lowest BCUT2D eigenvalue weighted by molar-refractivity contribution is -0.384. The van der Waals surface area contributed by atoms with Crippen LogP contribution in [0.4, 0.5) is 5.69 Å². The summed E-state index contributed by atoms with van der Waals surface area (Å²) in [7, 11) is 3.17. The molecule has 0 aromatic heterocycles. The van der Waals surface area contributed by atoms with E-state index in [1.165, 1.54) is 25.1 Å². The van der Waals surface area contributed by atoms with Crippen molar-refractivity contribution in [1.29, 1.82) is 0 Å². The number of carbonyl (C=O) groups is 4. The van der Waals surface area contributed by atoms with Gasteiger partial charge in [0.2, 0.25) is 0 Å². The minimum absolute atomic E-state index is 0.0945. The van der Waals surface area contributed by atoms with E-state index >= 15 is 0 Å². The van der Waals surface area contributed by atoms with Crippen LogP contribution < -0.4 is 5.32 Å². The van der Waals surface area contributed by atoms with Crippen LogP contribution in [0.15, 0.2) is 24.3 Å². The van der Waals surface area contributed by atoms with Crippen LogP contribution in [-0.2, 0) is 28.6 Å².